The van der Waals surface area contributed by atoms with Gasteiger partial charge in [0.2, 0.25) is 5.79 Å². The monoisotopic (exact) mass is 300 g/mol. The van der Waals surface area contributed by atoms with E-state index in [0.29, 0.717) is 5.75 Å². The second-order valence-electron chi connectivity index (χ2n) is 4.73. The fourth-order valence-corrected chi connectivity index (χ4v) is 2.20. The molecule has 0 amide bonds. The van der Waals surface area contributed by atoms with E-state index in [4.69, 9.17) is 14.6 Å². The summed E-state index contributed by atoms with van der Waals surface area (Å²) in [6.07, 6.45) is -7.55. The van der Waals surface area contributed by atoms with Gasteiger partial charge in [-0.25, -0.2) is 4.79 Å². The van der Waals surface area contributed by atoms with Gasteiger partial charge in [0.25, 0.3) is 0 Å². The quantitative estimate of drug-likeness (QED) is 0.450. The van der Waals surface area contributed by atoms with E-state index in [1.54, 1.807) is 0 Å². The second kappa shape index (κ2) is 5.58. The molecular formula is C13H16O8. The molecule has 5 N–H and O–H groups in total. The smallest absolute Gasteiger partial charge is 0.335 e. The van der Waals surface area contributed by atoms with Crippen LogP contribution in [0.15, 0.2) is 24.3 Å². The molecule has 8 nitrogen and oxygen atoms in total. The van der Waals surface area contributed by atoms with Crippen LogP contribution in [0.3, 0.4) is 0 Å². The van der Waals surface area contributed by atoms with Crippen LogP contribution in [-0.4, -0.2) is 63.0 Å². The van der Waals surface area contributed by atoms with Crippen LogP contribution in [0, 0.1) is 0 Å². The van der Waals surface area contributed by atoms with Crippen LogP contribution in [0.1, 0.15) is 5.56 Å². The van der Waals surface area contributed by atoms with E-state index in [1.165, 1.54) is 31.4 Å². The third kappa shape index (κ3) is 2.59. The van der Waals surface area contributed by atoms with Gasteiger partial charge in [-0.2, -0.15) is 0 Å². The Balaban J connectivity index is 2.39. The summed E-state index contributed by atoms with van der Waals surface area (Å²) in [5.74, 6) is -3.56. The Morgan fingerprint density at radius 1 is 1.19 bits per heavy atom. The predicted octanol–water partition coefficient (Wildman–Crippen LogP) is -1.59. The summed E-state index contributed by atoms with van der Waals surface area (Å²) in [5, 5.41) is 48.7. The number of carbonyl (C=O) groups is 1. The third-order valence-corrected chi connectivity index (χ3v) is 3.44. The van der Waals surface area contributed by atoms with Crippen LogP contribution in [0.25, 0.3) is 0 Å². The molecule has 1 saturated heterocycles. The van der Waals surface area contributed by atoms with E-state index >= 15 is 0 Å². The van der Waals surface area contributed by atoms with Crippen LogP contribution in [-0.2, 0) is 15.3 Å². The van der Waals surface area contributed by atoms with Crippen molar-refractivity contribution in [1.82, 2.24) is 0 Å². The molecule has 0 aromatic heterocycles. The first-order valence-corrected chi connectivity index (χ1v) is 6.13. The average molecular weight is 300 g/mol. The molecule has 1 aromatic rings. The van der Waals surface area contributed by atoms with Crippen LogP contribution >= 0.6 is 0 Å². The van der Waals surface area contributed by atoms with Crippen molar-refractivity contribution >= 4 is 5.97 Å². The minimum absolute atomic E-state index is 0.0213. The number of rotatable bonds is 3. The summed E-state index contributed by atoms with van der Waals surface area (Å²) in [7, 11) is 1.44. The molecular weight excluding hydrogens is 284 g/mol. The van der Waals surface area contributed by atoms with Crippen LogP contribution in [0.5, 0.6) is 5.75 Å². The summed E-state index contributed by atoms with van der Waals surface area (Å²) < 4.78 is 9.89. The highest BCUT2D eigenvalue weighted by Crippen LogP contribution is 2.36. The SMILES string of the molecule is COc1ccc([C@@]2(O)O[C@H](C(=O)O)[C@@H](O)[C@H](O)[C@H]2O)cc1. The Morgan fingerprint density at radius 3 is 2.24 bits per heavy atom. The van der Waals surface area contributed by atoms with E-state index in [2.05, 4.69) is 0 Å². The number of methoxy groups -OCH3 is 1. The molecule has 5 atom stereocenters. The Bertz CT molecular complexity index is 515. The molecule has 1 aliphatic heterocycles. The fourth-order valence-electron chi connectivity index (χ4n) is 2.20. The van der Waals surface area contributed by atoms with Crippen molar-refractivity contribution in [3.63, 3.8) is 0 Å². The summed E-state index contributed by atoms with van der Waals surface area (Å²) in [6, 6.07) is 5.64. The molecule has 0 saturated carbocycles. The molecule has 1 aromatic carbocycles. The number of aliphatic hydroxyl groups is 4. The number of aliphatic carboxylic acids is 1. The van der Waals surface area contributed by atoms with Gasteiger partial charge < -0.3 is 35.0 Å². The van der Waals surface area contributed by atoms with Crippen molar-refractivity contribution in [1.29, 1.82) is 0 Å². The maximum Gasteiger partial charge on any atom is 0.335 e. The zero-order chi connectivity index (χ0) is 15.8. The summed E-state index contributed by atoms with van der Waals surface area (Å²) in [5.41, 5.74) is 0.0213. The first-order valence-electron chi connectivity index (χ1n) is 6.13. The highest BCUT2D eigenvalue weighted by Gasteiger charge is 2.55. The van der Waals surface area contributed by atoms with Gasteiger partial charge in [0.1, 0.15) is 24.1 Å². The van der Waals surface area contributed by atoms with Gasteiger partial charge in [0.05, 0.1) is 7.11 Å². The Kier molecular flexibility index (Phi) is 4.17. The molecule has 1 aliphatic rings. The van der Waals surface area contributed by atoms with E-state index in [-0.39, 0.29) is 5.56 Å². The van der Waals surface area contributed by atoms with Crippen molar-refractivity contribution < 1.29 is 39.8 Å². The molecule has 1 heterocycles. The van der Waals surface area contributed by atoms with Gasteiger partial charge in [-0.15, -0.1) is 0 Å². The van der Waals surface area contributed by atoms with E-state index in [9.17, 15) is 25.2 Å². The lowest BCUT2D eigenvalue weighted by Crippen LogP contribution is -2.64. The fraction of sp³-hybridized carbons (Fsp3) is 0.462. The van der Waals surface area contributed by atoms with Crippen molar-refractivity contribution in [2.24, 2.45) is 0 Å². The number of benzene rings is 1. The van der Waals surface area contributed by atoms with Crippen molar-refractivity contribution in [3.05, 3.63) is 29.8 Å². The van der Waals surface area contributed by atoms with Gasteiger partial charge in [0.15, 0.2) is 6.10 Å². The van der Waals surface area contributed by atoms with E-state index in [0.717, 1.165) is 0 Å². The lowest BCUT2D eigenvalue weighted by atomic mass is 9.88. The minimum atomic E-state index is -2.46. The van der Waals surface area contributed by atoms with E-state index < -0.39 is 36.2 Å². The first kappa shape index (κ1) is 15.7. The van der Waals surface area contributed by atoms with Gasteiger partial charge in [0, 0.05) is 5.56 Å². The topological polar surface area (TPSA) is 137 Å². The number of aliphatic hydroxyl groups excluding tert-OH is 3. The summed E-state index contributed by atoms with van der Waals surface area (Å²) in [6.45, 7) is 0. The Labute approximate surface area is 119 Å². The molecule has 1 fully saturated rings. The van der Waals surface area contributed by atoms with Crippen molar-refractivity contribution in [2.75, 3.05) is 7.11 Å². The van der Waals surface area contributed by atoms with E-state index in [1.807, 2.05) is 0 Å². The van der Waals surface area contributed by atoms with Gasteiger partial charge in [-0.05, 0) is 24.3 Å². The van der Waals surface area contributed by atoms with Crippen LogP contribution < -0.4 is 4.74 Å². The molecule has 8 heteroatoms. The molecule has 0 unspecified atom stereocenters. The zero-order valence-electron chi connectivity index (χ0n) is 11.1. The average Bonchev–Trinajstić information content (AvgIpc) is 2.48. The largest absolute Gasteiger partial charge is 0.497 e. The molecule has 21 heavy (non-hydrogen) atoms. The minimum Gasteiger partial charge on any atom is -0.497 e. The maximum atomic E-state index is 11.0. The second-order valence-corrected chi connectivity index (χ2v) is 4.73. The molecule has 0 radical (unpaired) electrons. The van der Waals surface area contributed by atoms with Gasteiger partial charge in [-0.1, -0.05) is 0 Å². The highest BCUT2D eigenvalue weighted by atomic mass is 16.7. The number of ether oxygens (including phenoxy) is 2. The molecule has 0 aliphatic carbocycles. The van der Waals surface area contributed by atoms with Crippen LogP contribution in [0.2, 0.25) is 0 Å². The normalized spacial score (nSPS) is 36.2. The standard InChI is InChI=1S/C13H16O8/c1-20-7-4-2-6(3-5-7)13(19)11(16)9(15)8(14)10(21-13)12(17)18/h2-5,8-11,14-16,19H,1H3,(H,17,18)/t8-,9-,10-,11+,13+/m0/s1. The lowest BCUT2D eigenvalue weighted by molar-refractivity contribution is -0.349. The molecule has 0 bridgehead atoms. The highest BCUT2D eigenvalue weighted by molar-refractivity contribution is 5.73. The Hall–Kier alpha value is -1.71. The van der Waals surface area contributed by atoms with Crippen molar-refractivity contribution in [3.8, 4) is 5.75 Å². The summed E-state index contributed by atoms with van der Waals surface area (Å²) in [4.78, 5) is 11.0. The molecule has 116 valence electrons. The molecule has 2 rings (SSSR count). The van der Waals surface area contributed by atoms with Crippen LogP contribution in [0.4, 0.5) is 0 Å². The maximum absolute atomic E-state index is 11.0. The number of hydrogen-bond acceptors (Lipinski definition) is 7. The first-order chi connectivity index (χ1) is 9.81. The molecule has 0 spiro atoms. The lowest BCUT2D eigenvalue weighted by Gasteiger charge is -2.44. The number of hydrogen-bond donors (Lipinski definition) is 5. The van der Waals surface area contributed by atoms with Gasteiger partial charge in [-0.3, -0.25) is 0 Å². The number of carboxylic acids is 1. The Morgan fingerprint density at radius 2 is 1.76 bits per heavy atom. The third-order valence-electron chi connectivity index (χ3n) is 3.44. The van der Waals surface area contributed by atoms with Gasteiger partial charge >= 0.3 is 5.97 Å². The predicted molar refractivity (Wildman–Crippen MR) is 67.4 cm³/mol. The number of carboxylic acid groups (broad SMARTS) is 1. The summed E-state index contributed by atoms with van der Waals surface area (Å²) >= 11 is 0. The van der Waals surface area contributed by atoms with Crippen molar-refractivity contribution in [2.45, 2.75) is 30.2 Å². The zero-order valence-corrected chi connectivity index (χ0v) is 11.1.